The monoisotopic (exact) mass is 419 g/mol. The summed E-state index contributed by atoms with van der Waals surface area (Å²) in [7, 11) is 0. The first-order chi connectivity index (χ1) is 14.5. The molecule has 2 aliphatic rings. The van der Waals surface area contributed by atoms with Gasteiger partial charge in [-0.05, 0) is 69.7 Å². The molecule has 1 saturated heterocycles. The molecule has 1 aromatic carbocycles. The molecule has 4 rings (SSSR count). The van der Waals surface area contributed by atoms with Gasteiger partial charge in [-0.3, -0.25) is 4.98 Å². The molecule has 0 bridgehead atoms. The average molecular weight is 420 g/mol. The van der Waals surface area contributed by atoms with Crippen molar-refractivity contribution in [1.29, 1.82) is 0 Å². The second-order valence-corrected chi connectivity index (χ2v) is 8.40. The number of aromatic nitrogens is 1. The van der Waals surface area contributed by atoms with E-state index in [-0.39, 0.29) is 5.75 Å². The number of benzene rings is 1. The molecule has 2 aromatic rings. The van der Waals surface area contributed by atoms with Crippen LogP contribution in [0.2, 0.25) is 0 Å². The van der Waals surface area contributed by atoms with Crippen molar-refractivity contribution in [3.05, 3.63) is 23.4 Å². The summed E-state index contributed by atoms with van der Waals surface area (Å²) in [4.78, 5) is 7.26. The van der Waals surface area contributed by atoms with Gasteiger partial charge in [-0.1, -0.05) is 6.92 Å². The summed E-state index contributed by atoms with van der Waals surface area (Å²) in [5, 5.41) is 4.24. The van der Waals surface area contributed by atoms with E-state index in [2.05, 4.69) is 17.1 Å². The van der Waals surface area contributed by atoms with Crippen LogP contribution in [-0.4, -0.2) is 49.3 Å². The topological polar surface area (TPSA) is 46.6 Å². The Labute approximate surface area is 176 Å². The minimum atomic E-state index is -2.90. The molecule has 0 saturated carbocycles. The van der Waals surface area contributed by atoms with Gasteiger partial charge < -0.3 is 19.7 Å². The van der Waals surface area contributed by atoms with Crippen LogP contribution in [0.5, 0.6) is 11.5 Å². The van der Waals surface area contributed by atoms with Crippen LogP contribution in [0.3, 0.4) is 0 Å². The fraction of sp³-hybridized carbons (Fsp3) is 0.609. The van der Waals surface area contributed by atoms with Crippen LogP contribution >= 0.6 is 0 Å². The highest BCUT2D eigenvalue weighted by Gasteiger charge is 2.25. The van der Waals surface area contributed by atoms with Crippen LogP contribution in [0.4, 0.5) is 14.5 Å². The van der Waals surface area contributed by atoms with Gasteiger partial charge in [-0.2, -0.15) is 8.78 Å². The van der Waals surface area contributed by atoms with E-state index in [0.29, 0.717) is 18.3 Å². The second-order valence-electron chi connectivity index (χ2n) is 8.40. The third-order valence-electron chi connectivity index (χ3n) is 5.98. The molecule has 0 radical (unpaired) electrons. The second kappa shape index (κ2) is 9.33. The molecule has 164 valence electrons. The maximum atomic E-state index is 13.1. The van der Waals surface area contributed by atoms with Crippen molar-refractivity contribution in [3.8, 4) is 11.5 Å². The number of fused-ring (bicyclic) bond motifs is 2. The summed E-state index contributed by atoms with van der Waals surface area (Å²) in [6.07, 6.45) is 5.23. The number of ether oxygens (including phenoxy) is 2. The van der Waals surface area contributed by atoms with E-state index in [1.54, 1.807) is 12.1 Å². The van der Waals surface area contributed by atoms with Crippen molar-refractivity contribution in [2.45, 2.75) is 52.6 Å². The highest BCUT2D eigenvalue weighted by atomic mass is 19.3. The van der Waals surface area contributed by atoms with Crippen LogP contribution in [0, 0.1) is 5.92 Å². The van der Waals surface area contributed by atoms with Crippen molar-refractivity contribution >= 4 is 16.6 Å². The summed E-state index contributed by atoms with van der Waals surface area (Å²) in [6, 6.07) is 3.42. The smallest absolute Gasteiger partial charge is 0.387 e. The molecule has 0 spiro atoms. The lowest BCUT2D eigenvalue weighted by Crippen LogP contribution is -2.22. The van der Waals surface area contributed by atoms with E-state index in [4.69, 9.17) is 14.5 Å². The van der Waals surface area contributed by atoms with Crippen LogP contribution in [0.1, 0.15) is 44.4 Å². The number of hydrogen-bond acceptors (Lipinski definition) is 5. The number of halogens is 2. The molecule has 7 heteroatoms. The number of hydrogen-bond donors (Lipinski definition) is 1. The third-order valence-corrected chi connectivity index (χ3v) is 5.98. The Bertz CT molecular complexity index is 885. The lowest BCUT2D eigenvalue weighted by molar-refractivity contribution is -0.0514. The maximum absolute atomic E-state index is 13.1. The molecule has 2 heterocycles. The van der Waals surface area contributed by atoms with Crippen molar-refractivity contribution in [2.75, 3.05) is 38.1 Å². The zero-order chi connectivity index (χ0) is 21.1. The number of anilines is 1. The lowest BCUT2D eigenvalue weighted by Gasteiger charge is -2.18. The number of alkyl halides is 2. The van der Waals surface area contributed by atoms with Gasteiger partial charge in [-0.15, -0.1) is 0 Å². The molecule has 1 aliphatic carbocycles. The number of nitrogens with one attached hydrogen (secondary N) is 1. The van der Waals surface area contributed by atoms with Gasteiger partial charge in [0.1, 0.15) is 0 Å². The highest BCUT2D eigenvalue weighted by Crippen LogP contribution is 2.41. The Morgan fingerprint density at radius 3 is 2.73 bits per heavy atom. The number of nitrogens with zero attached hydrogens (tertiary/aromatic N) is 2. The summed E-state index contributed by atoms with van der Waals surface area (Å²) in [6.45, 7) is 5.79. The van der Waals surface area contributed by atoms with Gasteiger partial charge >= 0.3 is 6.61 Å². The normalized spacial score (nSPS) is 18.9. The summed E-state index contributed by atoms with van der Waals surface area (Å²) >= 11 is 0. The van der Waals surface area contributed by atoms with E-state index in [9.17, 15) is 8.78 Å². The Morgan fingerprint density at radius 1 is 1.20 bits per heavy atom. The molecule has 1 aromatic heterocycles. The van der Waals surface area contributed by atoms with Crippen LogP contribution in [0.15, 0.2) is 12.1 Å². The first-order valence-electron chi connectivity index (χ1n) is 11.1. The number of likely N-dealkylation sites (tertiary alicyclic amines) is 1. The van der Waals surface area contributed by atoms with Gasteiger partial charge in [0.25, 0.3) is 0 Å². The zero-order valence-corrected chi connectivity index (χ0v) is 17.8. The Balaban J connectivity index is 1.62. The molecule has 1 atom stereocenters. The van der Waals surface area contributed by atoms with Gasteiger partial charge in [-0.25, -0.2) is 0 Å². The first kappa shape index (κ1) is 21.1. The Hall–Kier alpha value is -2.15. The maximum Gasteiger partial charge on any atom is 0.387 e. The zero-order valence-electron chi connectivity index (χ0n) is 17.8. The summed E-state index contributed by atoms with van der Waals surface area (Å²) in [5.74, 6) is 0.940. The average Bonchev–Trinajstić information content (AvgIpc) is 3.34. The number of rotatable bonds is 9. The Morgan fingerprint density at radius 2 is 2.00 bits per heavy atom. The predicted molar refractivity (Wildman–Crippen MR) is 115 cm³/mol. The molecule has 1 N–H and O–H groups in total. The molecular formula is C23H31F2N3O2. The van der Waals surface area contributed by atoms with Gasteiger partial charge in [0.05, 0.1) is 12.1 Å². The Kier molecular flexibility index (Phi) is 6.56. The first-order valence-corrected chi connectivity index (χ1v) is 11.1. The molecule has 0 amide bonds. The van der Waals surface area contributed by atoms with Crippen LogP contribution in [-0.2, 0) is 12.8 Å². The van der Waals surface area contributed by atoms with Crippen molar-refractivity contribution < 1.29 is 18.3 Å². The molecule has 5 nitrogen and oxygen atoms in total. The van der Waals surface area contributed by atoms with E-state index in [1.165, 1.54) is 18.4 Å². The fourth-order valence-corrected chi connectivity index (χ4v) is 4.66. The minimum absolute atomic E-state index is 0.0746. The van der Waals surface area contributed by atoms with Crippen LogP contribution < -0.4 is 14.8 Å². The highest BCUT2D eigenvalue weighted by molar-refractivity contribution is 5.96. The van der Waals surface area contributed by atoms with E-state index in [1.807, 2.05) is 6.92 Å². The molecular weight excluding hydrogens is 388 g/mol. The summed E-state index contributed by atoms with van der Waals surface area (Å²) < 4.78 is 36.9. The molecule has 1 unspecified atom stereocenters. The van der Waals surface area contributed by atoms with Crippen molar-refractivity contribution in [3.63, 3.8) is 0 Å². The SMILES string of the molecule is CCNc1c2c(nc3cc(OCCCN4CCCC4)c(OC(F)F)cc13)CC(C)C2. The largest absolute Gasteiger partial charge is 0.490 e. The van der Waals surface area contributed by atoms with Crippen molar-refractivity contribution in [2.24, 2.45) is 5.92 Å². The van der Waals surface area contributed by atoms with E-state index >= 15 is 0 Å². The molecule has 1 aliphatic heterocycles. The van der Waals surface area contributed by atoms with E-state index in [0.717, 1.165) is 67.7 Å². The number of pyridine rings is 1. The minimum Gasteiger partial charge on any atom is -0.490 e. The fourth-order valence-electron chi connectivity index (χ4n) is 4.66. The van der Waals surface area contributed by atoms with Crippen molar-refractivity contribution in [1.82, 2.24) is 9.88 Å². The molecule has 1 fully saturated rings. The third kappa shape index (κ3) is 4.61. The quantitative estimate of drug-likeness (QED) is 0.588. The van der Waals surface area contributed by atoms with Gasteiger partial charge in [0, 0.05) is 35.9 Å². The predicted octanol–water partition coefficient (Wildman–Crippen LogP) is 4.87. The molecule has 30 heavy (non-hydrogen) atoms. The van der Waals surface area contributed by atoms with Gasteiger partial charge in [0.2, 0.25) is 0 Å². The van der Waals surface area contributed by atoms with Crippen LogP contribution in [0.25, 0.3) is 10.9 Å². The summed E-state index contributed by atoms with van der Waals surface area (Å²) in [5.41, 5.74) is 4.03. The lowest BCUT2D eigenvalue weighted by atomic mass is 10.0. The van der Waals surface area contributed by atoms with E-state index < -0.39 is 6.61 Å². The standard InChI is InChI=1S/C23H31F2N3O2/c1-3-26-22-16-11-15(2)12-18(16)27-19-14-20(21(13-17(19)22)30-23(24)25)29-10-6-9-28-7-4-5-8-28/h13-15,23H,3-12H2,1-2H3,(H,26,27). The van der Waals surface area contributed by atoms with Gasteiger partial charge in [0.15, 0.2) is 11.5 Å².